The molecule has 0 aliphatic heterocycles. The van der Waals surface area contributed by atoms with E-state index in [0.29, 0.717) is 5.56 Å². The van der Waals surface area contributed by atoms with Crippen molar-refractivity contribution >= 4 is 17.5 Å². The minimum absolute atomic E-state index is 0.0282. The molecule has 2 aromatic carbocycles. The third kappa shape index (κ3) is 3.41. The zero-order valence-corrected chi connectivity index (χ0v) is 11.1. The maximum absolute atomic E-state index is 13.5. The highest BCUT2D eigenvalue weighted by atomic mass is 32.2. The molecule has 0 atom stereocenters. The Morgan fingerprint density at radius 3 is 2.37 bits per heavy atom. The van der Waals surface area contributed by atoms with E-state index in [2.05, 4.69) is 0 Å². The van der Waals surface area contributed by atoms with E-state index in [0.717, 1.165) is 4.90 Å². The molecule has 0 amide bonds. The number of carbonyl (C=O) groups excluding carboxylic acids is 1. The van der Waals surface area contributed by atoms with E-state index in [1.54, 1.807) is 18.2 Å². The number of Topliss-reactive ketones (excluding diaryl/α,β-unsaturated/α-hetero) is 1. The van der Waals surface area contributed by atoms with Gasteiger partial charge in [-0.1, -0.05) is 18.2 Å². The van der Waals surface area contributed by atoms with E-state index in [-0.39, 0.29) is 17.1 Å². The van der Waals surface area contributed by atoms with Crippen LogP contribution in [0.15, 0.2) is 47.4 Å². The first-order valence-corrected chi connectivity index (χ1v) is 6.73. The zero-order chi connectivity index (χ0) is 13.8. The molecular formula is C15H12F2OS. The lowest BCUT2D eigenvalue weighted by molar-refractivity contribution is 0.101. The number of thioether (sulfide) groups is 1. The van der Waals surface area contributed by atoms with Crippen LogP contribution < -0.4 is 0 Å². The number of ketones is 1. The van der Waals surface area contributed by atoms with Crippen molar-refractivity contribution in [3.05, 3.63) is 65.2 Å². The molecule has 2 aromatic rings. The molecular weight excluding hydrogens is 266 g/mol. The van der Waals surface area contributed by atoms with Gasteiger partial charge in [0.2, 0.25) is 0 Å². The Morgan fingerprint density at radius 1 is 1.11 bits per heavy atom. The van der Waals surface area contributed by atoms with Gasteiger partial charge in [-0.05, 0) is 31.2 Å². The van der Waals surface area contributed by atoms with E-state index in [1.807, 2.05) is 6.07 Å². The number of hydrogen-bond donors (Lipinski definition) is 0. The van der Waals surface area contributed by atoms with Gasteiger partial charge >= 0.3 is 0 Å². The fraction of sp³-hybridized carbons (Fsp3) is 0.133. The summed E-state index contributed by atoms with van der Waals surface area (Å²) in [7, 11) is 0. The molecule has 0 radical (unpaired) electrons. The summed E-state index contributed by atoms with van der Waals surface area (Å²) >= 11 is 1.30. The van der Waals surface area contributed by atoms with Crippen LogP contribution >= 0.6 is 11.8 Å². The van der Waals surface area contributed by atoms with Gasteiger partial charge in [-0.15, -0.1) is 11.8 Å². The highest BCUT2D eigenvalue weighted by Crippen LogP contribution is 2.26. The molecule has 4 heteroatoms. The Labute approximate surface area is 114 Å². The van der Waals surface area contributed by atoms with Crippen molar-refractivity contribution in [3.63, 3.8) is 0 Å². The highest BCUT2D eigenvalue weighted by Gasteiger charge is 2.09. The fourth-order valence-corrected chi connectivity index (χ4v) is 2.60. The van der Waals surface area contributed by atoms with Gasteiger partial charge in [0.05, 0.1) is 0 Å². The average molecular weight is 278 g/mol. The van der Waals surface area contributed by atoms with Crippen LogP contribution in [-0.4, -0.2) is 5.78 Å². The van der Waals surface area contributed by atoms with Crippen LogP contribution in [0.2, 0.25) is 0 Å². The molecule has 19 heavy (non-hydrogen) atoms. The second kappa shape index (κ2) is 5.97. The van der Waals surface area contributed by atoms with E-state index in [9.17, 15) is 13.6 Å². The lowest BCUT2D eigenvalue weighted by Crippen LogP contribution is -1.94. The van der Waals surface area contributed by atoms with Gasteiger partial charge in [0.25, 0.3) is 0 Å². The van der Waals surface area contributed by atoms with Gasteiger partial charge in [0.15, 0.2) is 5.78 Å². The molecule has 0 saturated heterocycles. The Balaban J connectivity index is 2.15. The van der Waals surface area contributed by atoms with E-state index < -0.39 is 11.6 Å². The van der Waals surface area contributed by atoms with Crippen molar-refractivity contribution < 1.29 is 13.6 Å². The van der Waals surface area contributed by atoms with Crippen molar-refractivity contribution in [2.75, 3.05) is 0 Å². The molecule has 0 unspecified atom stereocenters. The van der Waals surface area contributed by atoms with E-state index in [4.69, 9.17) is 0 Å². The smallest absolute Gasteiger partial charge is 0.159 e. The third-order valence-corrected chi connectivity index (χ3v) is 3.71. The minimum Gasteiger partial charge on any atom is -0.295 e. The predicted octanol–water partition coefficient (Wildman–Crippen LogP) is 4.46. The molecule has 0 aromatic heterocycles. The second-order valence-electron chi connectivity index (χ2n) is 4.07. The zero-order valence-electron chi connectivity index (χ0n) is 10.3. The quantitative estimate of drug-likeness (QED) is 0.606. The third-order valence-electron chi connectivity index (χ3n) is 2.69. The number of benzene rings is 2. The molecule has 0 aliphatic carbocycles. The fourth-order valence-electron chi connectivity index (χ4n) is 1.63. The number of hydrogen-bond acceptors (Lipinski definition) is 2. The standard InChI is InChI=1S/C15H12F2OS/c1-10(18)11-4-2-5-12(8-11)19-9-13-14(16)6-3-7-15(13)17/h2-8H,9H2,1H3. The van der Waals surface area contributed by atoms with Crippen molar-refractivity contribution in [1.82, 2.24) is 0 Å². The van der Waals surface area contributed by atoms with E-state index >= 15 is 0 Å². The molecule has 0 heterocycles. The summed E-state index contributed by atoms with van der Waals surface area (Å²) in [5, 5.41) is 0. The van der Waals surface area contributed by atoms with Crippen molar-refractivity contribution in [1.29, 1.82) is 0 Å². The lowest BCUT2D eigenvalue weighted by atomic mass is 10.2. The van der Waals surface area contributed by atoms with Gasteiger partial charge < -0.3 is 0 Å². The van der Waals surface area contributed by atoms with Crippen molar-refractivity contribution in [2.45, 2.75) is 17.6 Å². The molecule has 0 aliphatic rings. The molecule has 0 bridgehead atoms. The SMILES string of the molecule is CC(=O)c1cccc(SCc2c(F)cccc2F)c1. The van der Waals surface area contributed by atoms with Gasteiger partial charge in [-0.2, -0.15) is 0 Å². The minimum atomic E-state index is -0.546. The topological polar surface area (TPSA) is 17.1 Å². The number of halogens is 2. The maximum atomic E-state index is 13.5. The molecule has 0 saturated carbocycles. The maximum Gasteiger partial charge on any atom is 0.159 e. The molecule has 98 valence electrons. The Morgan fingerprint density at radius 2 is 1.74 bits per heavy atom. The number of rotatable bonds is 4. The first kappa shape index (κ1) is 13.7. The van der Waals surface area contributed by atoms with Crippen molar-refractivity contribution in [3.8, 4) is 0 Å². The first-order chi connectivity index (χ1) is 9.08. The summed E-state index contributed by atoms with van der Waals surface area (Å²) < 4.78 is 26.9. The van der Waals surface area contributed by atoms with Crippen LogP contribution in [0.1, 0.15) is 22.8 Å². The molecule has 0 spiro atoms. The van der Waals surface area contributed by atoms with Gasteiger partial charge in [0, 0.05) is 21.8 Å². The number of carbonyl (C=O) groups is 1. The molecule has 2 rings (SSSR count). The monoisotopic (exact) mass is 278 g/mol. The molecule has 1 nitrogen and oxygen atoms in total. The van der Waals surface area contributed by atoms with Crippen LogP contribution in [0, 0.1) is 11.6 Å². The Bertz CT molecular complexity index is 591. The van der Waals surface area contributed by atoms with E-state index in [1.165, 1.54) is 36.9 Å². The van der Waals surface area contributed by atoms with Gasteiger partial charge in [-0.25, -0.2) is 8.78 Å². The van der Waals surface area contributed by atoms with Gasteiger partial charge in [0.1, 0.15) is 11.6 Å². The Kier molecular flexibility index (Phi) is 4.32. The molecule has 0 N–H and O–H groups in total. The van der Waals surface area contributed by atoms with Crippen LogP contribution in [-0.2, 0) is 5.75 Å². The first-order valence-electron chi connectivity index (χ1n) is 5.74. The largest absolute Gasteiger partial charge is 0.295 e. The normalized spacial score (nSPS) is 10.5. The second-order valence-corrected chi connectivity index (χ2v) is 5.12. The van der Waals surface area contributed by atoms with Crippen LogP contribution in [0.4, 0.5) is 8.78 Å². The van der Waals surface area contributed by atoms with Crippen molar-refractivity contribution in [2.24, 2.45) is 0 Å². The summed E-state index contributed by atoms with van der Waals surface area (Å²) in [4.78, 5) is 12.1. The summed E-state index contributed by atoms with van der Waals surface area (Å²) in [5.74, 6) is -0.926. The average Bonchev–Trinajstić information content (AvgIpc) is 2.38. The van der Waals surface area contributed by atoms with Gasteiger partial charge in [-0.3, -0.25) is 4.79 Å². The molecule has 0 fully saturated rings. The van der Waals surface area contributed by atoms with Crippen LogP contribution in [0.3, 0.4) is 0 Å². The van der Waals surface area contributed by atoms with Crippen LogP contribution in [0.25, 0.3) is 0 Å². The predicted molar refractivity (Wildman–Crippen MR) is 72.4 cm³/mol. The summed E-state index contributed by atoms with van der Waals surface area (Å²) in [6, 6.07) is 10.8. The van der Waals surface area contributed by atoms with Crippen LogP contribution in [0.5, 0.6) is 0 Å². The lowest BCUT2D eigenvalue weighted by Gasteiger charge is -2.05. The summed E-state index contributed by atoms with van der Waals surface area (Å²) in [6.07, 6.45) is 0. The highest BCUT2D eigenvalue weighted by molar-refractivity contribution is 7.98. The summed E-state index contributed by atoms with van der Waals surface area (Å²) in [6.45, 7) is 1.49. The Hall–Kier alpha value is -1.68. The summed E-state index contributed by atoms with van der Waals surface area (Å²) in [5.41, 5.74) is 0.653.